The van der Waals surface area contributed by atoms with Gasteiger partial charge in [-0.1, -0.05) is 0 Å². The molecule has 0 unspecified atom stereocenters. The quantitative estimate of drug-likeness (QED) is 0.857. The topological polar surface area (TPSA) is 94.9 Å². The van der Waals surface area contributed by atoms with Crippen LogP contribution < -0.4 is 11.5 Å². The molecule has 2 rings (SSSR count). The SMILES string of the molecule is Cc1cc(F)ccc1-c1nc(C)c(C(N)=O)c(N)n1. The van der Waals surface area contributed by atoms with Crippen LogP contribution in [-0.2, 0) is 0 Å². The van der Waals surface area contributed by atoms with Crippen molar-refractivity contribution in [1.29, 1.82) is 0 Å². The van der Waals surface area contributed by atoms with Crippen LogP contribution in [0.1, 0.15) is 21.6 Å². The molecule has 0 saturated heterocycles. The van der Waals surface area contributed by atoms with Gasteiger partial charge in [-0.2, -0.15) is 0 Å². The average Bonchev–Trinajstić information content (AvgIpc) is 2.26. The Morgan fingerprint density at radius 3 is 2.47 bits per heavy atom. The first-order valence-electron chi connectivity index (χ1n) is 5.60. The van der Waals surface area contributed by atoms with Crippen molar-refractivity contribution in [3.05, 3.63) is 40.8 Å². The van der Waals surface area contributed by atoms with Gasteiger partial charge < -0.3 is 11.5 Å². The number of rotatable bonds is 2. The van der Waals surface area contributed by atoms with Gasteiger partial charge in [-0.25, -0.2) is 14.4 Å². The van der Waals surface area contributed by atoms with Crippen LogP contribution in [0.4, 0.5) is 10.2 Å². The Kier molecular flexibility index (Phi) is 3.16. The molecule has 1 aromatic heterocycles. The number of hydrogen-bond acceptors (Lipinski definition) is 4. The number of aryl methyl sites for hydroxylation is 2. The summed E-state index contributed by atoms with van der Waals surface area (Å²) in [7, 11) is 0. The summed E-state index contributed by atoms with van der Waals surface area (Å²) < 4.78 is 13.1. The fourth-order valence-electron chi connectivity index (χ4n) is 1.90. The zero-order valence-electron chi connectivity index (χ0n) is 10.6. The number of halogens is 1. The Morgan fingerprint density at radius 2 is 1.95 bits per heavy atom. The van der Waals surface area contributed by atoms with E-state index in [4.69, 9.17) is 11.5 Å². The molecule has 1 heterocycles. The van der Waals surface area contributed by atoms with Crippen molar-refractivity contribution < 1.29 is 9.18 Å². The maximum absolute atomic E-state index is 13.1. The number of nitrogen functional groups attached to an aromatic ring is 1. The lowest BCUT2D eigenvalue weighted by molar-refractivity contribution is 0.1000. The van der Waals surface area contributed by atoms with E-state index in [2.05, 4.69) is 9.97 Å². The molecule has 0 fully saturated rings. The largest absolute Gasteiger partial charge is 0.383 e. The summed E-state index contributed by atoms with van der Waals surface area (Å²) in [5, 5.41) is 0. The first-order valence-corrected chi connectivity index (χ1v) is 5.60. The first-order chi connectivity index (χ1) is 8.90. The lowest BCUT2D eigenvalue weighted by atomic mass is 10.1. The van der Waals surface area contributed by atoms with Gasteiger partial charge in [0.05, 0.1) is 5.69 Å². The van der Waals surface area contributed by atoms with Gasteiger partial charge >= 0.3 is 0 Å². The molecule has 2 aromatic rings. The number of primary amides is 1. The van der Waals surface area contributed by atoms with Crippen molar-refractivity contribution in [2.75, 3.05) is 5.73 Å². The highest BCUT2D eigenvalue weighted by Gasteiger charge is 2.15. The molecule has 0 aliphatic heterocycles. The fraction of sp³-hybridized carbons (Fsp3) is 0.154. The Morgan fingerprint density at radius 1 is 1.26 bits per heavy atom. The minimum atomic E-state index is -0.669. The second-order valence-electron chi connectivity index (χ2n) is 4.22. The standard InChI is InChI=1S/C13H13FN4O/c1-6-5-8(14)3-4-9(6)13-17-7(2)10(12(16)19)11(15)18-13/h3-5H,1-2H3,(H2,16,19)(H2,15,17,18). The van der Waals surface area contributed by atoms with E-state index in [0.29, 0.717) is 22.6 Å². The van der Waals surface area contributed by atoms with Crippen molar-refractivity contribution in [2.24, 2.45) is 5.73 Å². The molecule has 19 heavy (non-hydrogen) atoms. The van der Waals surface area contributed by atoms with E-state index >= 15 is 0 Å². The van der Waals surface area contributed by atoms with E-state index in [-0.39, 0.29) is 17.2 Å². The predicted octanol–water partition coefficient (Wildman–Crippen LogP) is 1.58. The van der Waals surface area contributed by atoms with E-state index < -0.39 is 5.91 Å². The van der Waals surface area contributed by atoms with E-state index in [1.807, 2.05) is 0 Å². The molecule has 4 N–H and O–H groups in total. The third kappa shape index (κ3) is 2.37. The minimum absolute atomic E-state index is 0.0266. The lowest BCUT2D eigenvalue weighted by Gasteiger charge is -2.09. The zero-order valence-corrected chi connectivity index (χ0v) is 10.6. The highest BCUT2D eigenvalue weighted by molar-refractivity contribution is 5.98. The zero-order chi connectivity index (χ0) is 14.2. The Balaban J connectivity index is 2.61. The van der Waals surface area contributed by atoms with Crippen LogP contribution in [-0.4, -0.2) is 15.9 Å². The van der Waals surface area contributed by atoms with Gasteiger partial charge in [-0.15, -0.1) is 0 Å². The van der Waals surface area contributed by atoms with Crippen molar-refractivity contribution in [1.82, 2.24) is 9.97 Å². The van der Waals surface area contributed by atoms with Crippen molar-refractivity contribution in [3.8, 4) is 11.4 Å². The monoisotopic (exact) mass is 260 g/mol. The number of carbonyl (C=O) groups excluding carboxylic acids is 1. The number of amides is 1. The Labute approximate surface area is 109 Å². The lowest BCUT2D eigenvalue weighted by Crippen LogP contribution is -2.18. The number of anilines is 1. The maximum atomic E-state index is 13.1. The molecular formula is C13H13FN4O. The van der Waals surface area contributed by atoms with Crippen molar-refractivity contribution in [2.45, 2.75) is 13.8 Å². The highest BCUT2D eigenvalue weighted by atomic mass is 19.1. The van der Waals surface area contributed by atoms with Crippen LogP contribution in [0.15, 0.2) is 18.2 Å². The molecule has 6 heteroatoms. The molecule has 0 aliphatic rings. The number of nitrogens with two attached hydrogens (primary N) is 2. The molecule has 98 valence electrons. The molecule has 0 aliphatic carbocycles. The van der Waals surface area contributed by atoms with Crippen LogP contribution in [0, 0.1) is 19.7 Å². The van der Waals surface area contributed by atoms with Crippen LogP contribution in [0.3, 0.4) is 0 Å². The predicted molar refractivity (Wildman–Crippen MR) is 69.8 cm³/mol. The Bertz CT molecular complexity index is 647. The summed E-state index contributed by atoms with van der Waals surface area (Å²) in [6.07, 6.45) is 0. The van der Waals surface area contributed by atoms with Gasteiger partial charge in [0.1, 0.15) is 17.2 Å². The summed E-state index contributed by atoms with van der Waals surface area (Å²) in [6.45, 7) is 3.37. The van der Waals surface area contributed by atoms with Crippen LogP contribution in [0.2, 0.25) is 0 Å². The van der Waals surface area contributed by atoms with Gasteiger partial charge in [-0.3, -0.25) is 4.79 Å². The number of aromatic nitrogens is 2. The van der Waals surface area contributed by atoms with Crippen LogP contribution in [0.25, 0.3) is 11.4 Å². The molecule has 0 atom stereocenters. The van der Waals surface area contributed by atoms with Gasteiger partial charge in [0.2, 0.25) is 0 Å². The third-order valence-corrected chi connectivity index (χ3v) is 2.79. The number of carbonyl (C=O) groups is 1. The Hall–Kier alpha value is -2.50. The number of nitrogens with zero attached hydrogens (tertiary/aromatic N) is 2. The molecule has 1 aromatic carbocycles. The van der Waals surface area contributed by atoms with Gasteiger partial charge in [-0.05, 0) is 37.6 Å². The summed E-state index contributed by atoms with van der Waals surface area (Å²) in [5.41, 5.74) is 12.8. The van der Waals surface area contributed by atoms with Gasteiger partial charge in [0.15, 0.2) is 5.82 Å². The number of hydrogen-bond donors (Lipinski definition) is 2. The summed E-state index contributed by atoms with van der Waals surface area (Å²) in [4.78, 5) is 19.5. The van der Waals surface area contributed by atoms with E-state index in [1.54, 1.807) is 19.9 Å². The third-order valence-electron chi connectivity index (χ3n) is 2.79. The molecule has 1 amide bonds. The first kappa shape index (κ1) is 12.9. The maximum Gasteiger partial charge on any atom is 0.254 e. The highest BCUT2D eigenvalue weighted by Crippen LogP contribution is 2.23. The summed E-state index contributed by atoms with van der Waals surface area (Å²) in [6, 6.07) is 4.27. The average molecular weight is 260 g/mol. The van der Waals surface area contributed by atoms with E-state index in [1.165, 1.54) is 12.1 Å². The molecule has 0 saturated carbocycles. The summed E-state index contributed by atoms with van der Waals surface area (Å²) in [5.74, 6) is -0.631. The van der Waals surface area contributed by atoms with Crippen LogP contribution in [0.5, 0.6) is 0 Å². The minimum Gasteiger partial charge on any atom is -0.383 e. The van der Waals surface area contributed by atoms with Crippen LogP contribution >= 0.6 is 0 Å². The van der Waals surface area contributed by atoms with E-state index in [0.717, 1.165) is 0 Å². The normalized spacial score (nSPS) is 10.5. The molecule has 0 spiro atoms. The second-order valence-corrected chi connectivity index (χ2v) is 4.22. The number of benzene rings is 1. The van der Waals surface area contributed by atoms with E-state index in [9.17, 15) is 9.18 Å². The van der Waals surface area contributed by atoms with Gasteiger partial charge in [0.25, 0.3) is 5.91 Å². The van der Waals surface area contributed by atoms with Crippen molar-refractivity contribution in [3.63, 3.8) is 0 Å². The fourth-order valence-corrected chi connectivity index (χ4v) is 1.90. The molecular weight excluding hydrogens is 247 g/mol. The second kappa shape index (κ2) is 4.64. The molecule has 0 radical (unpaired) electrons. The molecule has 5 nitrogen and oxygen atoms in total. The summed E-state index contributed by atoms with van der Waals surface area (Å²) >= 11 is 0. The smallest absolute Gasteiger partial charge is 0.254 e. The van der Waals surface area contributed by atoms with Crippen molar-refractivity contribution >= 4 is 11.7 Å². The van der Waals surface area contributed by atoms with Gasteiger partial charge in [0, 0.05) is 5.56 Å². The molecule has 0 bridgehead atoms.